The van der Waals surface area contributed by atoms with Gasteiger partial charge in [0, 0.05) is 28.5 Å². The number of nitrogens with zero attached hydrogens (tertiary/aromatic N) is 3. The summed E-state index contributed by atoms with van der Waals surface area (Å²) < 4.78 is 26.9. The van der Waals surface area contributed by atoms with Crippen molar-refractivity contribution in [2.24, 2.45) is 0 Å². The van der Waals surface area contributed by atoms with Crippen molar-refractivity contribution >= 4 is 22.7 Å². The molecule has 5 aromatic rings. The van der Waals surface area contributed by atoms with Gasteiger partial charge in [0.1, 0.15) is 17.9 Å². The Morgan fingerprint density at radius 1 is 1.06 bits per heavy atom. The molecule has 35 heavy (non-hydrogen) atoms. The summed E-state index contributed by atoms with van der Waals surface area (Å²) in [5.41, 5.74) is 1.94. The molecule has 7 nitrogen and oxygen atoms in total. The number of thioether (sulfide) groups is 1. The summed E-state index contributed by atoms with van der Waals surface area (Å²) in [5, 5.41) is 19.9. The van der Waals surface area contributed by atoms with Crippen LogP contribution in [-0.2, 0) is 12.4 Å². The average molecular weight is 490 g/mol. The molecule has 0 spiro atoms. The number of halogens is 1. The molecule has 3 aromatic carbocycles. The van der Waals surface area contributed by atoms with Gasteiger partial charge < -0.3 is 14.3 Å². The van der Waals surface area contributed by atoms with Gasteiger partial charge >= 0.3 is 5.63 Å². The lowest BCUT2D eigenvalue weighted by Gasteiger charge is -2.12. The van der Waals surface area contributed by atoms with Gasteiger partial charge in [-0.25, -0.2) is 9.18 Å². The first-order valence-electron chi connectivity index (χ1n) is 10.8. The molecule has 9 heteroatoms. The van der Waals surface area contributed by atoms with Crippen molar-refractivity contribution in [3.8, 4) is 17.2 Å². The van der Waals surface area contributed by atoms with Crippen molar-refractivity contribution in [1.29, 1.82) is 0 Å². The van der Waals surface area contributed by atoms with Crippen LogP contribution in [0, 0.1) is 12.7 Å². The van der Waals surface area contributed by atoms with Crippen molar-refractivity contribution in [3.63, 3.8) is 0 Å². The molecule has 0 atom stereocenters. The first-order valence-corrected chi connectivity index (χ1v) is 11.7. The molecule has 0 radical (unpaired) electrons. The molecule has 0 unspecified atom stereocenters. The predicted molar refractivity (Wildman–Crippen MR) is 131 cm³/mol. The standard InChI is InChI=1S/C26H20FN3O4S/c1-16-21(31)12-11-19-17(13-24(32)34-25(16)19)15-35-26-29-28-23(30(26)18-7-3-2-4-8-18)14-33-22-10-6-5-9-20(22)27/h2-13,31H,14-15H2,1H3. The van der Waals surface area contributed by atoms with E-state index in [0.717, 1.165) is 16.6 Å². The van der Waals surface area contributed by atoms with Gasteiger partial charge in [0.25, 0.3) is 0 Å². The highest BCUT2D eigenvalue weighted by atomic mass is 32.2. The highest BCUT2D eigenvalue weighted by molar-refractivity contribution is 7.98. The van der Waals surface area contributed by atoms with Crippen LogP contribution < -0.4 is 10.4 Å². The quantitative estimate of drug-likeness (QED) is 0.242. The first kappa shape index (κ1) is 22.7. The minimum Gasteiger partial charge on any atom is -0.508 e. The topological polar surface area (TPSA) is 90.4 Å². The van der Waals surface area contributed by atoms with Gasteiger partial charge in [-0.15, -0.1) is 10.2 Å². The van der Waals surface area contributed by atoms with E-state index in [2.05, 4.69) is 10.2 Å². The zero-order chi connectivity index (χ0) is 24.4. The molecular formula is C26H20FN3O4S. The molecular weight excluding hydrogens is 469 g/mol. The number of phenolic OH excluding ortho intramolecular Hbond substituents is 1. The smallest absolute Gasteiger partial charge is 0.336 e. The minimum atomic E-state index is -0.495. The monoisotopic (exact) mass is 489 g/mol. The molecule has 2 heterocycles. The summed E-state index contributed by atoms with van der Waals surface area (Å²) in [6.45, 7) is 1.71. The van der Waals surface area contributed by atoms with Crippen molar-refractivity contribution in [2.45, 2.75) is 24.4 Å². The summed E-state index contributed by atoms with van der Waals surface area (Å²) >= 11 is 1.39. The lowest BCUT2D eigenvalue weighted by Crippen LogP contribution is -2.07. The number of rotatable bonds is 7. The third-order valence-corrected chi connectivity index (χ3v) is 6.46. The molecule has 0 aliphatic rings. The molecule has 176 valence electrons. The van der Waals surface area contributed by atoms with E-state index in [4.69, 9.17) is 9.15 Å². The number of phenols is 1. The molecule has 0 bridgehead atoms. The highest BCUT2D eigenvalue weighted by Crippen LogP contribution is 2.31. The molecule has 0 aliphatic carbocycles. The zero-order valence-corrected chi connectivity index (χ0v) is 19.5. The van der Waals surface area contributed by atoms with Crippen molar-refractivity contribution in [1.82, 2.24) is 14.8 Å². The second kappa shape index (κ2) is 9.63. The summed E-state index contributed by atoms with van der Waals surface area (Å²) in [6.07, 6.45) is 0. The van der Waals surface area contributed by atoms with E-state index in [1.54, 1.807) is 37.3 Å². The van der Waals surface area contributed by atoms with Crippen LogP contribution in [-0.4, -0.2) is 19.9 Å². The minimum absolute atomic E-state index is 0.0136. The third-order valence-electron chi connectivity index (χ3n) is 5.48. The lowest BCUT2D eigenvalue weighted by molar-refractivity contribution is 0.278. The number of benzene rings is 3. The Kier molecular flexibility index (Phi) is 6.24. The van der Waals surface area contributed by atoms with Crippen LogP contribution in [0.4, 0.5) is 4.39 Å². The molecule has 0 amide bonds. The van der Waals surface area contributed by atoms with Crippen LogP contribution in [0.3, 0.4) is 0 Å². The van der Waals surface area contributed by atoms with Gasteiger partial charge in [0.05, 0.1) is 0 Å². The molecule has 2 aromatic heterocycles. The van der Waals surface area contributed by atoms with Crippen LogP contribution in [0.2, 0.25) is 0 Å². The fraction of sp³-hybridized carbons (Fsp3) is 0.115. The first-order chi connectivity index (χ1) is 17.0. The van der Waals surface area contributed by atoms with Gasteiger partial charge in [-0.3, -0.25) is 4.57 Å². The molecule has 0 saturated heterocycles. The Balaban J connectivity index is 1.47. The number of aromatic nitrogens is 3. The van der Waals surface area contributed by atoms with Crippen LogP contribution in [0.25, 0.3) is 16.7 Å². The van der Waals surface area contributed by atoms with E-state index in [9.17, 15) is 14.3 Å². The number of fused-ring (bicyclic) bond motifs is 1. The van der Waals surface area contributed by atoms with Gasteiger partial charge in [-0.05, 0) is 48.9 Å². The van der Waals surface area contributed by atoms with Crippen molar-refractivity contribution < 1.29 is 18.7 Å². The fourth-order valence-electron chi connectivity index (χ4n) is 3.71. The third kappa shape index (κ3) is 4.63. The van der Waals surface area contributed by atoms with Crippen LogP contribution in [0.5, 0.6) is 11.5 Å². The van der Waals surface area contributed by atoms with E-state index < -0.39 is 11.4 Å². The molecule has 0 saturated carbocycles. The Bertz CT molecular complexity index is 1570. The number of ether oxygens (including phenoxy) is 1. The maximum Gasteiger partial charge on any atom is 0.336 e. The zero-order valence-electron chi connectivity index (χ0n) is 18.6. The van der Waals surface area contributed by atoms with Crippen LogP contribution in [0.1, 0.15) is 17.0 Å². The maximum atomic E-state index is 14.0. The number of aromatic hydroxyl groups is 1. The normalized spacial score (nSPS) is 11.1. The number of aryl methyl sites for hydroxylation is 1. The molecule has 5 rings (SSSR count). The Labute approximate surface area is 203 Å². The van der Waals surface area contributed by atoms with Crippen LogP contribution in [0.15, 0.2) is 87.2 Å². The van der Waals surface area contributed by atoms with Crippen molar-refractivity contribution in [2.75, 3.05) is 0 Å². The van der Waals surface area contributed by atoms with Crippen LogP contribution >= 0.6 is 11.8 Å². The van der Waals surface area contributed by atoms with Crippen molar-refractivity contribution in [3.05, 3.63) is 106 Å². The Hall–Kier alpha value is -4.11. The number of hydrogen-bond acceptors (Lipinski definition) is 7. The lowest BCUT2D eigenvalue weighted by atomic mass is 10.1. The number of hydrogen-bond donors (Lipinski definition) is 1. The predicted octanol–water partition coefficient (Wildman–Crippen LogP) is 5.40. The summed E-state index contributed by atoms with van der Waals surface area (Å²) in [5.74, 6) is 0.647. The summed E-state index contributed by atoms with van der Waals surface area (Å²) in [7, 11) is 0. The summed E-state index contributed by atoms with van der Waals surface area (Å²) in [4.78, 5) is 12.2. The Morgan fingerprint density at radius 3 is 2.63 bits per heavy atom. The van der Waals surface area contributed by atoms with Gasteiger partial charge in [0.2, 0.25) is 0 Å². The summed E-state index contributed by atoms with van der Waals surface area (Å²) in [6, 6.07) is 20.5. The second-order valence-electron chi connectivity index (χ2n) is 7.75. The van der Waals surface area contributed by atoms with E-state index in [0.29, 0.717) is 27.9 Å². The average Bonchev–Trinajstić information content (AvgIpc) is 3.28. The maximum absolute atomic E-state index is 14.0. The number of para-hydroxylation sites is 2. The van der Waals surface area contributed by atoms with Gasteiger partial charge in [-0.1, -0.05) is 42.1 Å². The van der Waals surface area contributed by atoms with E-state index in [-0.39, 0.29) is 18.1 Å². The second-order valence-corrected chi connectivity index (χ2v) is 8.70. The molecule has 0 aliphatic heterocycles. The van der Waals surface area contributed by atoms with E-state index >= 15 is 0 Å². The highest BCUT2D eigenvalue weighted by Gasteiger charge is 2.17. The fourth-order valence-corrected chi connectivity index (χ4v) is 4.67. The molecule has 0 fully saturated rings. The van der Waals surface area contributed by atoms with E-state index in [1.807, 2.05) is 34.9 Å². The SMILES string of the molecule is Cc1c(O)ccc2c(CSc3nnc(COc4ccccc4F)n3-c3ccccc3)cc(=O)oc12. The largest absolute Gasteiger partial charge is 0.508 e. The van der Waals surface area contributed by atoms with Gasteiger partial charge in [0.15, 0.2) is 22.5 Å². The molecule has 1 N–H and O–H groups in total. The van der Waals surface area contributed by atoms with Gasteiger partial charge in [-0.2, -0.15) is 0 Å². The Morgan fingerprint density at radius 2 is 1.83 bits per heavy atom. The van der Waals surface area contributed by atoms with E-state index in [1.165, 1.54) is 23.9 Å².